The van der Waals surface area contributed by atoms with Gasteiger partial charge < -0.3 is 35.2 Å². The van der Waals surface area contributed by atoms with Crippen LogP contribution in [0, 0.1) is 5.82 Å². The van der Waals surface area contributed by atoms with Gasteiger partial charge in [0, 0.05) is 13.0 Å². The van der Waals surface area contributed by atoms with E-state index in [4.69, 9.17) is 26.2 Å². The van der Waals surface area contributed by atoms with Crippen LogP contribution in [0.1, 0.15) is 6.92 Å². The average Bonchev–Trinajstić information content (AvgIpc) is 2.51. The highest BCUT2D eigenvalue weighted by Gasteiger charge is 2.48. The number of carboxylic acids is 1. The molecular weight excluding hydrogens is 365 g/mol. The van der Waals surface area contributed by atoms with Crippen molar-refractivity contribution in [2.24, 2.45) is 0 Å². The summed E-state index contributed by atoms with van der Waals surface area (Å²) in [6.07, 6.45) is -9.27. The maximum Gasteiger partial charge on any atom is 0.335 e. The standard InChI is InChI=1S/C14H15ClFNO8/c1-4(18)17-7-2-5(15)6(16)3-8(7)24-14-11(21)9(19)10(20)12(25-14)13(22)23/h2-3,9-12,14,19-21H,1H3,(H,17,18)(H,22,23)/t9-,10-,11+,12-,14?/m0/s1. The van der Waals surface area contributed by atoms with Crippen molar-refractivity contribution >= 4 is 29.2 Å². The fraction of sp³-hybridized carbons (Fsp3) is 0.429. The molecule has 11 heteroatoms. The minimum Gasteiger partial charge on any atom is -0.479 e. The van der Waals surface area contributed by atoms with Crippen LogP contribution in [0.2, 0.25) is 5.02 Å². The van der Waals surface area contributed by atoms with E-state index in [-0.39, 0.29) is 16.5 Å². The van der Waals surface area contributed by atoms with Crippen LogP contribution in [-0.2, 0) is 14.3 Å². The molecule has 1 heterocycles. The number of benzene rings is 1. The van der Waals surface area contributed by atoms with Crippen molar-refractivity contribution < 1.29 is 43.9 Å². The highest BCUT2D eigenvalue weighted by molar-refractivity contribution is 6.31. The molecule has 0 aliphatic carbocycles. The van der Waals surface area contributed by atoms with E-state index in [0.29, 0.717) is 0 Å². The molecule has 0 radical (unpaired) electrons. The molecule has 0 spiro atoms. The van der Waals surface area contributed by atoms with Gasteiger partial charge in [0.2, 0.25) is 12.2 Å². The first-order valence-corrected chi connectivity index (χ1v) is 7.35. The summed E-state index contributed by atoms with van der Waals surface area (Å²) < 4.78 is 23.8. The maximum absolute atomic E-state index is 13.7. The zero-order valence-corrected chi connectivity index (χ0v) is 13.5. The van der Waals surface area contributed by atoms with E-state index >= 15 is 0 Å². The van der Waals surface area contributed by atoms with Crippen LogP contribution in [0.3, 0.4) is 0 Å². The fourth-order valence-corrected chi connectivity index (χ4v) is 2.35. The van der Waals surface area contributed by atoms with E-state index in [1.807, 2.05) is 0 Å². The summed E-state index contributed by atoms with van der Waals surface area (Å²) in [7, 11) is 0. The molecule has 1 aliphatic heterocycles. The molecule has 1 saturated heterocycles. The van der Waals surface area contributed by atoms with E-state index in [0.717, 1.165) is 12.1 Å². The molecule has 0 saturated carbocycles. The number of aliphatic hydroxyl groups is 3. The number of aliphatic carboxylic acids is 1. The number of hydrogen-bond donors (Lipinski definition) is 5. The van der Waals surface area contributed by atoms with E-state index in [1.54, 1.807) is 0 Å². The van der Waals surface area contributed by atoms with E-state index < -0.39 is 48.4 Å². The molecule has 2 rings (SSSR count). The van der Waals surface area contributed by atoms with Crippen LogP contribution in [0.15, 0.2) is 12.1 Å². The summed E-state index contributed by atoms with van der Waals surface area (Å²) in [5.74, 6) is -3.37. The van der Waals surface area contributed by atoms with Crippen molar-refractivity contribution in [3.8, 4) is 5.75 Å². The lowest BCUT2D eigenvalue weighted by Crippen LogP contribution is -2.61. The number of anilines is 1. The number of carbonyl (C=O) groups excluding carboxylic acids is 1. The Bertz CT molecular complexity index is 687. The van der Waals surface area contributed by atoms with Gasteiger partial charge in [0.15, 0.2) is 6.10 Å². The van der Waals surface area contributed by atoms with Crippen LogP contribution in [0.4, 0.5) is 10.1 Å². The van der Waals surface area contributed by atoms with Crippen molar-refractivity contribution in [3.63, 3.8) is 0 Å². The number of halogens is 2. The molecule has 1 fully saturated rings. The molecule has 0 aromatic heterocycles. The summed E-state index contributed by atoms with van der Waals surface area (Å²) in [5, 5.41) is 40.2. The molecule has 5 atom stereocenters. The molecule has 138 valence electrons. The third-order valence-electron chi connectivity index (χ3n) is 3.39. The molecular formula is C14H15ClFNO8. The monoisotopic (exact) mass is 379 g/mol. The third-order valence-corrected chi connectivity index (χ3v) is 3.68. The van der Waals surface area contributed by atoms with Gasteiger partial charge in [-0.3, -0.25) is 4.79 Å². The first-order valence-electron chi connectivity index (χ1n) is 6.97. The minimum atomic E-state index is -1.90. The van der Waals surface area contributed by atoms with Crippen molar-refractivity contribution in [3.05, 3.63) is 23.0 Å². The number of hydrogen-bond acceptors (Lipinski definition) is 7. The van der Waals surface area contributed by atoms with Crippen molar-refractivity contribution in [1.29, 1.82) is 0 Å². The molecule has 0 bridgehead atoms. The Morgan fingerprint density at radius 3 is 2.44 bits per heavy atom. The highest BCUT2D eigenvalue weighted by Crippen LogP contribution is 2.33. The molecule has 1 unspecified atom stereocenters. The van der Waals surface area contributed by atoms with E-state index in [9.17, 15) is 29.3 Å². The Hall–Kier alpha value is -1.98. The Kier molecular flexibility index (Phi) is 5.80. The lowest BCUT2D eigenvalue weighted by Gasteiger charge is -2.38. The lowest BCUT2D eigenvalue weighted by molar-refractivity contribution is -0.271. The average molecular weight is 380 g/mol. The van der Waals surface area contributed by atoms with Gasteiger partial charge in [0.05, 0.1) is 10.7 Å². The van der Waals surface area contributed by atoms with Gasteiger partial charge in [0.25, 0.3) is 0 Å². The fourth-order valence-electron chi connectivity index (χ4n) is 2.19. The quantitative estimate of drug-likeness (QED) is 0.479. The Labute approximate surface area is 145 Å². The van der Waals surface area contributed by atoms with Gasteiger partial charge in [0.1, 0.15) is 29.9 Å². The summed E-state index contributed by atoms with van der Waals surface area (Å²) in [5.41, 5.74) is -0.0674. The molecule has 5 N–H and O–H groups in total. The smallest absolute Gasteiger partial charge is 0.335 e. The normalized spacial score (nSPS) is 29.1. The van der Waals surface area contributed by atoms with Crippen LogP contribution < -0.4 is 10.1 Å². The second kappa shape index (κ2) is 7.50. The van der Waals surface area contributed by atoms with Crippen LogP contribution in [-0.4, -0.2) is 63.0 Å². The van der Waals surface area contributed by atoms with E-state index in [1.165, 1.54) is 6.92 Å². The van der Waals surface area contributed by atoms with Crippen LogP contribution in [0.25, 0.3) is 0 Å². The van der Waals surface area contributed by atoms with Crippen LogP contribution >= 0.6 is 11.6 Å². The summed E-state index contributed by atoms with van der Waals surface area (Å²) in [6.45, 7) is 1.17. The summed E-state index contributed by atoms with van der Waals surface area (Å²) in [4.78, 5) is 22.3. The first kappa shape index (κ1) is 19.3. The molecule has 1 amide bonds. The largest absolute Gasteiger partial charge is 0.479 e. The number of nitrogens with one attached hydrogen (secondary N) is 1. The predicted octanol–water partition coefficient (Wildman–Crippen LogP) is -0.292. The maximum atomic E-state index is 13.7. The van der Waals surface area contributed by atoms with Crippen molar-refractivity contribution in [2.45, 2.75) is 37.6 Å². The summed E-state index contributed by atoms with van der Waals surface area (Å²) in [6, 6.07) is 1.83. The van der Waals surface area contributed by atoms with Crippen LogP contribution in [0.5, 0.6) is 5.75 Å². The topological polar surface area (TPSA) is 146 Å². The Morgan fingerprint density at radius 2 is 1.88 bits per heavy atom. The molecule has 1 aromatic rings. The number of amides is 1. The third kappa shape index (κ3) is 4.17. The van der Waals surface area contributed by atoms with E-state index in [2.05, 4.69) is 5.32 Å². The van der Waals surface area contributed by atoms with Gasteiger partial charge >= 0.3 is 5.97 Å². The molecule has 25 heavy (non-hydrogen) atoms. The number of carboxylic acid groups (broad SMARTS) is 1. The number of aliphatic hydroxyl groups excluding tert-OH is 3. The van der Waals surface area contributed by atoms with Gasteiger partial charge in [-0.25, -0.2) is 9.18 Å². The van der Waals surface area contributed by atoms with Crippen molar-refractivity contribution in [1.82, 2.24) is 0 Å². The Morgan fingerprint density at radius 1 is 1.24 bits per heavy atom. The van der Waals surface area contributed by atoms with Gasteiger partial charge in [-0.15, -0.1) is 0 Å². The second-order valence-electron chi connectivity index (χ2n) is 5.30. The zero-order valence-electron chi connectivity index (χ0n) is 12.7. The highest BCUT2D eigenvalue weighted by atomic mass is 35.5. The van der Waals surface area contributed by atoms with Crippen molar-refractivity contribution in [2.75, 3.05) is 5.32 Å². The summed E-state index contributed by atoms with van der Waals surface area (Å²) >= 11 is 5.63. The van der Waals surface area contributed by atoms with Gasteiger partial charge in [-0.2, -0.15) is 0 Å². The number of ether oxygens (including phenoxy) is 2. The number of rotatable bonds is 4. The van der Waals surface area contributed by atoms with Gasteiger partial charge in [-0.05, 0) is 6.07 Å². The first-order chi connectivity index (χ1) is 11.6. The predicted molar refractivity (Wildman–Crippen MR) is 80.7 cm³/mol. The molecule has 1 aromatic carbocycles. The molecule has 1 aliphatic rings. The molecule has 9 nitrogen and oxygen atoms in total. The second-order valence-corrected chi connectivity index (χ2v) is 5.70. The Balaban J connectivity index is 2.32. The lowest BCUT2D eigenvalue weighted by atomic mass is 9.99. The van der Waals surface area contributed by atoms with Gasteiger partial charge in [-0.1, -0.05) is 11.6 Å². The SMILES string of the molecule is CC(=O)Nc1cc(Cl)c(F)cc1OC1O[C@H](C(=O)O)[C@@H](O)[C@H](O)[C@H]1O. The minimum absolute atomic E-state index is 0.0674. The zero-order chi connectivity index (χ0) is 18.9. The number of carbonyl (C=O) groups is 2.